The summed E-state index contributed by atoms with van der Waals surface area (Å²) in [4.78, 5) is 24.4. The van der Waals surface area contributed by atoms with E-state index in [1.54, 1.807) is 14.0 Å². The van der Waals surface area contributed by atoms with Gasteiger partial charge < -0.3 is 10.1 Å². The molecule has 2 amide bonds. The summed E-state index contributed by atoms with van der Waals surface area (Å²) in [6.07, 6.45) is 0.652. The molecule has 0 bridgehead atoms. The lowest BCUT2D eigenvalue weighted by molar-refractivity contribution is -0.119. The standard InChI is InChI=1S/C20H22N2O5S/c1-14-13-28(25,26)22(20(14)24)17-8-6-16(7-9-17)19(23)21-11-10-15-4-3-5-18(12-15)27-2/h3-9,12,14H,10-11,13H2,1-2H3,(H,21,23)/t14-/m1/s1. The molecule has 8 heteroatoms. The molecule has 1 aliphatic heterocycles. The molecule has 0 radical (unpaired) electrons. The van der Waals surface area contributed by atoms with Gasteiger partial charge in [-0.15, -0.1) is 0 Å². The van der Waals surface area contributed by atoms with Gasteiger partial charge in [0, 0.05) is 12.1 Å². The lowest BCUT2D eigenvalue weighted by Crippen LogP contribution is -2.30. The Kier molecular flexibility index (Phi) is 5.69. The largest absolute Gasteiger partial charge is 0.497 e. The van der Waals surface area contributed by atoms with Gasteiger partial charge in [0.25, 0.3) is 5.91 Å². The number of nitrogens with one attached hydrogen (secondary N) is 1. The Hall–Kier alpha value is -2.87. The third-order valence-corrected chi connectivity index (χ3v) is 6.43. The predicted octanol–water partition coefficient (Wildman–Crippen LogP) is 1.98. The molecular formula is C20H22N2O5S. The summed E-state index contributed by atoms with van der Waals surface area (Å²) in [5.41, 5.74) is 1.69. The summed E-state index contributed by atoms with van der Waals surface area (Å²) in [5.74, 6) is -0.711. The molecule has 0 aliphatic carbocycles. The van der Waals surface area contributed by atoms with Crippen LogP contribution >= 0.6 is 0 Å². The molecule has 2 aromatic rings. The van der Waals surface area contributed by atoms with Crippen LogP contribution in [0.1, 0.15) is 22.8 Å². The van der Waals surface area contributed by atoms with Crippen molar-refractivity contribution in [2.75, 3.05) is 23.7 Å². The minimum absolute atomic E-state index is 0.196. The summed E-state index contributed by atoms with van der Waals surface area (Å²) in [7, 11) is -2.05. The first kappa shape index (κ1) is 19.9. The number of ether oxygens (including phenoxy) is 1. The van der Waals surface area contributed by atoms with E-state index >= 15 is 0 Å². The van der Waals surface area contributed by atoms with E-state index in [4.69, 9.17) is 4.74 Å². The van der Waals surface area contributed by atoms with Crippen LogP contribution in [-0.2, 0) is 21.2 Å². The maximum Gasteiger partial charge on any atom is 0.251 e. The van der Waals surface area contributed by atoms with Crippen molar-refractivity contribution in [1.82, 2.24) is 5.32 Å². The normalized spacial score (nSPS) is 18.1. The number of rotatable bonds is 6. The van der Waals surface area contributed by atoms with E-state index in [-0.39, 0.29) is 17.3 Å². The smallest absolute Gasteiger partial charge is 0.251 e. The second-order valence-corrected chi connectivity index (χ2v) is 8.55. The maximum absolute atomic E-state index is 12.3. The zero-order chi connectivity index (χ0) is 20.3. The minimum atomic E-state index is -3.65. The molecule has 28 heavy (non-hydrogen) atoms. The van der Waals surface area contributed by atoms with Gasteiger partial charge in [0.1, 0.15) is 5.75 Å². The molecule has 0 unspecified atom stereocenters. The van der Waals surface area contributed by atoms with E-state index in [0.717, 1.165) is 15.6 Å². The van der Waals surface area contributed by atoms with Gasteiger partial charge in [-0.05, 0) is 48.4 Å². The number of amides is 2. The van der Waals surface area contributed by atoms with Crippen LogP contribution in [0.4, 0.5) is 5.69 Å². The summed E-state index contributed by atoms with van der Waals surface area (Å²) in [6, 6.07) is 13.6. The topological polar surface area (TPSA) is 92.8 Å². The minimum Gasteiger partial charge on any atom is -0.497 e. The van der Waals surface area contributed by atoms with Crippen molar-refractivity contribution in [2.45, 2.75) is 13.3 Å². The van der Waals surface area contributed by atoms with Gasteiger partial charge in [-0.25, -0.2) is 12.7 Å². The van der Waals surface area contributed by atoms with E-state index in [1.807, 2.05) is 24.3 Å². The van der Waals surface area contributed by atoms with Crippen LogP contribution in [0, 0.1) is 5.92 Å². The Morgan fingerprint density at radius 1 is 1.21 bits per heavy atom. The predicted molar refractivity (Wildman–Crippen MR) is 106 cm³/mol. The van der Waals surface area contributed by atoms with Gasteiger partial charge in [-0.2, -0.15) is 0 Å². The number of benzene rings is 2. The van der Waals surface area contributed by atoms with E-state index < -0.39 is 21.8 Å². The number of sulfonamides is 1. The van der Waals surface area contributed by atoms with Gasteiger partial charge >= 0.3 is 0 Å². The molecule has 1 aliphatic rings. The lowest BCUT2D eigenvalue weighted by Gasteiger charge is -2.15. The van der Waals surface area contributed by atoms with Gasteiger partial charge in [0.15, 0.2) is 0 Å². The van der Waals surface area contributed by atoms with Crippen LogP contribution in [0.15, 0.2) is 48.5 Å². The Labute approximate surface area is 164 Å². The van der Waals surface area contributed by atoms with Gasteiger partial charge in [0.2, 0.25) is 15.9 Å². The third-order valence-electron chi connectivity index (χ3n) is 4.56. The average Bonchev–Trinajstić information content (AvgIpc) is 2.88. The Bertz CT molecular complexity index is 986. The number of carbonyl (C=O) groups is 2. The van der Waals surface area contributed by atoms with Crippen molar-refractivity contribution in [3.63, 3.8) is 0 Å². The lowest BCUT2D eigenvalue weighted by atomic mass is 10.1. The molecule has 1 heterocycles. The van der Waals surface area contributed by atoms with Gasteiger partial charge in [-0.1, -0.05) is 19.1 Å². The molecule has 1 atom stereocenters. The van der Waals surface area contributed by atoms with Crippen molar-refractivity contribution in [3.8, 4) is 5.75 Å². The molecule has 1 saturated heterocycles. The van der Waals surface area contributed by atoms with Crippen LogP contribution < -0.4 is 14.4 Å². The van der Waals surface area contributed by atoms with Crippen LogP contribution in [-0.4, -0.2) is 39.6 Å². The van der Waals surface area contributed by atoms with E-state index in [0.29, 0.717) is 18.5 Å². The van der Waals surface area contributed by atoms with Crippen molar-refractivity contribution in [3.05, 3.63) is 59.7 Å². The van der Waals surface area contributed by atoms with Crippen LogP contribution in [0.2, 0.25) is 0 Å². The highest BCUT2D eigenvalue weighted by molar-refractivity contribution is 7.94. The maximum atomic E-state index is 12.3. The number of hydrogen-bond acceptors (Lipinski definition) is 5. The first-order valence-electron chi connectivity index (χ1n) is 8.90. The molecule has 3 rings (SSSR count). The number of anilines is 1. The molecule has 0 spiro atoms. The highest BCUT2D eigenvalue weighted by Crippen LogP contribution is 2.28. The number of nitrogens with zero attached hydrogens (tertiary/aromatic N) is 1. The molecule has 1 N–H and O–H groups in total. The van der Waals surface area contributed by atoms with Crippen molar-refractivity contribution in [2.24, 2.45) is 5.92 Å². The van der Waals surface area contributed by atoms with Crippen LogP contribution in [0.5, 0.6) is 5.75 Å². The zero-order valence-corrected chi connectivity index (χ0v) is 16.5. The van der Waals surface area contributed by atoms with Crippen LogP contribution in [0.3, 0.4) is 0 Å². The van der Waals surface area contributed by atoms with Gasteiger partial charge in [0.05, 0.1) is 24.5 Å². The molecule has 7 nitrogen and oxygen atoms in total. The second kappa shape index (κ2) is 8.02. The Morgan fingerprint density at radius 2 is 1.93 bits per heavy atom. The van der Waals surface area contributed by atoms with E-state index in [9.17, 15) is 18.0 Å². The van der Waals surface area contributed by atoms with Crippen molar-refractivity contribution < 1.29 is 22.7 Å². The monoisotopic (exact) mass is 402 g/mol. The molecule has 1 fully saturated rings. The zero-order valence-electron chi connectivity index (χ0n) is 15.7. The molecule has 0 saturated carbocycles. The highest BCUT2D eigenvalue weighted by atomic mass is 32.2. The first-order chi connectivity index (χ1) is 13.3. The fraction of sp³-hybridized carbons (Fsp3) is 0.300. The van der Waals surface area contributed by atoms with E-state index in [2.05, 4.69) is 5.32 Å². The summed E-state index contributed by atoms with van der Waals surface area (Å²) in [5, 5.41) is 2.83. The first-order valence-corrected chi connectivity index (χ1v) is 10.5. The van der Waals surface area contributed by atoms with E-state index in [1.165, 1.54) is 24.3 Å². The number of hydrogen-bond donors (Lipinski definition) is 1. The average molecular weight is 402 g/mol. The Balaban J connectivity index is 1.62. The molecule has 0 aromatic heterocycles. The molecule has 148 valence electrons. The number of carbonyl (C=O) groups excluding carboxylic acids is 2. The molecular weight excluding hydrogens is 380 g/mol. The number of methoxy groups -OCH3 is 1. The fourth-order valence-corrected chi connectivity index (χ4v) is 4.91. The summed E-state index contributed by atoms with van der Waals surface area (Å²) < 4.78 is 30.3. The third kappa shape index (κ3) is 4.17. The van der Waals surface area contributed by atoms with Gasteiger partial charge in [-0.3, -0.25) is 9.59 Å². The quantitative estimate of drug-likeness (QED) is 0.798. The highest BCUT2D eigenvalue weighted by Gasteiger charge is 2.41. The summed E-state index contributed by atoms with van der Waals surface area (Å²) in [6.45, 7) is 2.04. The second-order valence-electron chi connectivity index (χ2n) is 6.69. The van der Waals surface area contributed by atoms with Crippen molar-refractivity contribution in [1.29, 1.82) is 0 Å². The summed E-state index contributed by atoms with van der Waals surface area (Å²) >= 11 is 0. The van der Waals surface area contributed by atoms with Crippen LogP contribution in [0.25, 0.3) is 0 Å². The fourth-order valence-electron chi connectivity index (χ4n) is 3.09. The SMILES string of the molecule is COc1cccc(CCNC(=O)c2ccc(N3C(=O)[C@H](C)CS3(=O)=O)cc2)c1. The Morgan fingerprint density at radius 3 is 2.54 bits per heavy atom. The molecule has 2 aromatic carbocycles. The van der Waals surface area contributed by atoms with Crippen molar-refractivity contribution >= 4 is 27.5 Å².